The van der Waals surface area contributed by atoms with Crippen LogP contribution in [0.4, 0.5) is 0 Å². The molecule has 1 unspecified atom stereocenters. The van der Waals surface area contributed by atoms with Crippen LogP contribution >= 0.6 is 11.8 Å². The Balaban J connectivity index is 2.56. The van der Waals surface area contributed by atoms with Gasteiger partial charge in [0, 0.05) is 17.3 Å². The smallest absolute Gasteiger partial charge is 0.236 e. The van der Waals surface area contributed by atoms with E-state index in [1.165, 1.54) is 0 Å². The van der Waals surface area contributed by atoms with Gasteiger partial charge in [0.05, 0.1) is 5.25 Å². The fourth-order valence-electron chi connectivity index (χ4n) is 1.72. The Kier molecular flexibility index (Phi) is 3.51. The maximum atomic E-state index is 11.9. The van der Waals surface area contributed by atoms with Crippen LogP contribution in [0.25, 0.3) is 0 Å². The molecule has 1 heterocycles. The monoisotopic (exact) mass is 215 g/mol. The first-order valence-corrected chi connectivity index (χ1v) is 6.17. The summed E-state index contributed by atoms with van der Waals surface area (Å²) in [4.78, 5) is 13.9. The molecule has 0 saturated carbocycles. The zero-order valence-electron chi connectivity index (χ0n) is 9.83. The minimum atomic E-state index is 0.188. The molecule has 0 N–H and O–H groups in total. The fraction of sp³-hybridized carbons (Fsp3) is 0.909. The maximum absolute atomic E-state index is 11.9. The van der Waals surface area contributed by atoms with Crippen molar-refractivity contribution in [3.63, 3.8) is 0 Å². The van der Waals surface area contributed by atoms with E-state index < -0.39 is 0 Å². The summed E-state index contributed by atoms with van der Waals surface area (Å²) in [7, 11) is 0. The van der Waals surface area contributed by atoms with Gasteiger partial charge in [-0.25, -0.2) is 0 Å². The molecule has 1 aliphatic rings. The summed E-state index contributed by atoms with van der Waals surface area (Å²) in [6, 6.07) is 0.355. The van der Waals surface area contributed by atoms with Gasteiger partial charge in [0.2, 0.25) is 5.91 Å². The van der Waals surface area contributed by atoms with E-state index in [2.05, 4.69) is 34.6 Å². The third-order valence-corrected chi connectivity index (χ3v) is 3.74. The number of hydrogen-bond donors (Lipinski definition) is 0. The molecule has 0 bridgehead atoms. The van der Waals surface area contributed by atoms with Crippen LogP contribution in [0.2, 0.25) is 0 Å². The molecule has 14 heavy (non-hydrogen) atoms. The molecule has 1 fully saturated rings. The molecule has 1 rings (SSSR count). The summed E-state index contributed by atoms with van der Waals surface area (Å²) < 4.78 is 0.188. The van der Waals surface area contributed by atoms with Gasteiger partial charge in [0.15, 0.2) is 0 Å². The third kappa shape index (κ3) is 2.91. The number of amides is 1. The van der Waals surface area contributed by atoms with E-state index in [9.17, 15) is 4.79 Å². The fourth-order valence-corrected chi connectivity index (χ4v) is 3.04. The highest BCUT2D eigenvalue weighted by Gasteiger charge is 2.35. The van der Waals surface area contributed by atoms with E-state index >= 15 is 0 Å². The van der Waals surface area contributed by atoms with Crippen molar-refractivity contribution < 1.29 is 4.79 Å². The van der Waals surface area contributed by atoms with Crippen LogP contribution in [-0.4, -0.2) is 33.4 Å². The molecule has 1 saturated heterocycles. The Morgan fingerprint density at radius 1 is 1.43 bits per heavy atom. The first-order chi connectivity index (χ1) is 6.31. The zero-order chi connectivity index (χ0) is 10.9. The molecule has 1 amide bonds. The van der Waals surface area contributed by atoms with Gasteiger partial charge in [0.25, 0.3) is 0 Å². The predicted octanol–water partition coefficient (Wildman–Crippen LogP) is 2.53. The molecular weight excluding hydrogens is 194 g/mol. The number of carbonyl (C=O) groups is 1. The van der Waals surface area contributed by atoms with Crippen molar-refractivity contribution in [2.24, 2.45) is 0 Å². The molecule has 0 aromatic heterocycles. The second kappa shape index (κ2) is 4.13. The number of thioether (sulfide) groups is 1. The summed E-state index contributed by atoms with van der Waals surface area (Å²) in [6.45, 7) is 11.6. The quantitative estimate of drug-likeness (QED) is 0.705. The molecule has 82 valence electrons. The van der Waals surface area contributed by atoms with Crippen LogP contribution in [-0.2, 0) is 4.79 Å². The van der Waals surface area contributed by atoms with E-state index in [-0.39, 0.29) is 10.00 Å². The van der Waals surface area contributed by atoms with E-state index in [1.54, 1.807) is 11.8 Å². The van der Waals surface area contributed by atoms with Gasteiger partial charge in [-0.1, -0.05) is 20.8 Å². The summed E-state index contributed by atoms with van der Waals surface area (Å²) >= 11 is 1.80. The Bertz CT molecular complexity index is 220. The van der Waals surface area contributed by atoms with Crippen LogP contribution in [0.3, 0.4) is 0 Å². The lowest BCUT2D eigenvalue weighted by molar-refractivity contribution is -0.128. The topological polar surface area (TPSA) is 20.3 Å². The van der Waals surface area contributed by atoms with Gasteiger partial charge in [-0.3, -0.25) is 4.79 Å². The van der Waals surface area contributed by atoms with Gasteiger partial charge in [0.1, 0.15) is 0 Å². The number of hydrogen-bond acceptors (Lipinski definition) is 2. The van der Waals surface area contributed by atoms with Crippen molar-refractivity contribution in [3.8, 4) is 0 Å². The van der Waals surface area contributed by atoms with Crippen LogP contribution in [0, 0.1) is 0 Å². The van der Waals surface area contributed by atoms with Crippen LogP contribution < -0.4 is 0 Å². The summed E-state index contributed by atoms with van der Waals surface area (Å²) in [5.74, 6) is 0.333. The lowest BCUT2D eigenvalue weighted by Crippen LogP contribution is -2.35. The van der Waals surface area contributed by atoms with Gasteiger partial charge in [-0.2, -0.15) is 0 Å². The van der Waals surface area contributed by atoms with Crippen molar-refractivity contribution in [1.29, 1.82) is 0 Å². The highest BCUT2D eigenvalue weighted by molar-refractivity contribution is 8.01. The average molecular weight is 215 g/mol. The molecular formula is C11H21NOS. The summed E-state index contributed by atoms with van der Waals surface area (Å²) in [5.41, 5.74) is 0. The van der Waals surface area contributed by atoms with E-state index in [1.807, 2.05) is 4.90 Å². The average Bonchev–Trinajstić information content (AvgIpc) is 2.29. The lowest BCUT2D eigenvalue weighted by Gasteiger charge is -2.24. The number of nitrogens with zero attached hydrogens (tertiary/aromatic N) is 1. The summed E-state index contributed by atoms with van der Waals surface area (Å²) in [5, 5.41) is 0.192. The molecule has 0 aromatic carbocycles. The normalized spacial score (nSPS) is 23.7. The maximum Gasteiger partial charge on any atom is 0.236 e. The van der Waals surface area contributed by atoms with E-state index in [0.717, 1.165) is 13.0 Å². The molecule has 0 aromatic rings. The first-order valence-electron chi connectivity index (χ1n) is 5.29. The minimum Gasteiger partial charge on any atom is -0.339 e. The highest BCUT2D eigenvalue weighted by atomic mass is 32.2. The van der Waals surface area contributed by atoms with Crippen LogP contribution in [0.5, 0.6) is 0 Å². The Morgan fingerprint density at radius 3 is 2.36 bits per heavy atom. The van der Waals surface area contributed by atoms with Crippen molar-refractivity contribution in [2.45, 2.75) is 57.1 Å². The number of likely N-dealkylation sites (tertiary alicyclic amines) is 1. The van der Waals surface area contributed by atoms with Crippen molar-refractivity contribution >= 4 is 17.7 Å². The Labute approximate surface area is 91.4 Å². The number of rotatable bonds is 2. The Hall–Kier alpha value is -0.180. The van der Waals surface area contributed by atoms with Gasteiger partial charge in [-0.05, 0) is 20.3 Å². The molecule has 0 spiro atoms. The molecule has 3 heteroatoms. The summed E-state index contributed by atoms with van der Waals surface area (Å²) in [6.07, 6.45) is 1.01. The molecule has 0 radical (unpaired) electrons. The van der Waals surface area contributed by atoms with Gasteiger partial charge < -0.3 is 4.90 Å². The Morgan fingerprint density at radius 2 is 2.00 bits per heavy atom. The lowest BCUT2D eigenvalue weighted by atomic mass is 10.3. The van der Waals surface area contributed by atoms with Crippen molar-refractivity contribution in [3.05, 3.63) is 0 Å². The van der Waals surface area contributed by atoms with Crippen LogP contribution in [0.1, 0.15) is 41.0 Å². The first kappa shape index (κ1) is 11.9. The molecule has 1 aliphatic heterocycles. The third-order valence-electron chi connectivity index (χ3n) is 2.31. The van der Waals surface area contributed by atoms with Gasteiger partial charge >= 0.3 is 0 Å². The van der Waals surface area contributed by atoms with Gasteiger partial charge in [-0.15, -0.1) is 11.8 Å². The molecule has 0 aliphatic carbocycles. The standard InChI is InChI=1S/C11H21NOS/c1-8(2)12-7-6-9(10(12)13)14-11(3,4)5/h8-9H,6-7H2,1-5H3. The largest absolute Gasteiger partial charge is 0.339 e. The predicted molar refractivity (Wildman–Crippen MR) is 62.6 cm³/mol. The van der Waals surface area contributed by atoms with Crippen molar-refractivity contribution in [2.75, 3.05) is 6.54 Å². The molecule has 1 atom stereocenters. The van der Waals surface area contributed by atoms with E-state index in [4.69, 9.17) is 0 Å². The second-order valence-electron chi connectivity index (χ2n) is 5.13. The van der Waals surface area contributed by atoms with E-state index in [0.29, 0.717) is 11.9 Å². The second-order valence-corrected chi connectivity index (χ2v) is 7.16. The highest BCUT2D eigenvalue weighted by Crippen LogP contribution is 2.34. The van der Waals surface area contributed by atoms with Crippen LogP contribution in [0.15, 0.2) is 0 Å². The SMILES string of the molecule is CC(C)N1CCC(SC(C)(C)C)C1=O. The number of carbonyl (C=O) groups excluding carboxylic acids is 1. The minimum absolute atomic E-state index is 0.188. The zero-order valence-corrected chi connectivity index (χ0v) is 10.6. The molecule has 2 nitrogen and oxygen atoms in total. The van der Waals surface area contributed by atoms with Crippen molar-refractivity contribution in [1.82, 2.24) is 4.90 Å².